The summed E-state index contributed by atoms with van der Waals surface area (Å²) in [5.41, 5.74) is 9.51. The van der Waals surface area contributed by atoms with Gasteiger partial charge in [0.25, 0.3) is 15.9 Å². The van der Waals surface area contributed by atoms with E-state index < -0.39 is 27.9 Å². The van der Waals surface area contributed by atoms with Crippen LogP contribution in [0.3, 0.4) is 0 Å². The number of sulfonamides is 1. The van der Waals surface area contributed by atoms with E-state index in [1.165, 1.54) is 6.07 Å². The van der Waals surface area contributed by atoms with Crippen molar-refractivity contribution in [2.45, 2.75) is 57.0 Å². The number of carbonyl (C=O) groups is 2. The van der Waals surface area contributed by atoms with Crippen molar-refractivity contribution in [3.8, 4) is 16.9 Å². The maximum Gasteiger partial charge on any atom is 0.326 e. The van der Waals surface area contributed by atoms with Gasteiger partial charge in [-0.3, -0.25) is 24.3 Å². The Labute approximate surface area is 303 Å². The first kappa shape index (κ1) is 38.2. The number of thiophene rings is 1. The highest BCUT2D eigenvalue weighted by molar-refractivity contribution is 7.92. The number of carboxylic acid groups (broad SMARTS) is 1. The van der Waals surface area contributed by atoms with Crippen molar-refractivity contribution >= 4 is 44.8 Å². The van der Waals surface area contributed by atoms with Gasteiger partial charge in [0, 0.05) is 58.2 Å². The van der Waals surface area contributed by atoms with Crippen LogP contribution in [0.4, 0.5) is 5.69 Å². The third-order valence-electron chi connectivity index (χ3n) is 9.37. The molecule has 0 bridgehead atoms. The Morgan fingerprint density at radius 3 is 2.59 bits per heavy atom. The minimum absolute atomic E-state index is 0.0314. The number of fused-ring (bicyclic) bond motifs is 1. The Kier molecular flexibility index (Phi) is 13.1. The van der Waals surface area contributed by atoms with Gasteiger partial charge in [-0.1, -0.05) is 32.0 Å². The first-order valence-corrected chi connectivity index (χ1v) is 19.7. The first-order chi connectivity index (χ1) is 24.5. The lowest BCUT2D eigenvalue weighted by Gasteiger charge is -2.34. The number of β-amino-alcohol motifs (C(OH)–C–C–N with tert-alkyl or cyclic N) is 1. The zero-order valence-corrected chi connectivity index (χ0v) is 30.8. The number of anilines is 1. The summed E-state index contributed by atoms with van der Waals surface area (Å²) < 4.78 is 36.4. The molecule has 2 atom stereocenters. The molecule has 276 valence electrons. The van der Waals surface area contributed by atoms with E-state index in [4.69, 9.17) is 10.5 Å². The quantitative estimate of drug-likeness (QED) is 0.0778. The molecule has 1 saturated heterocycles. The fourth-order valence-electron chi connectivity index (χ4n) is 6.17. The number of ether oxygens (including phenoxy) is 1. The lowest BCUT2D eigenvalue weighted by atomic mass is 10.00. The summed E-state index contributed by atoms with van der Waals surface area (Å²) >= 11 is 1.01. The molecule has 3 heterocycles. The van der Waals surface area contributed by atoms with E-state index in [2.05, 4.69) is 37.0 Å². The minimum atomic E-state index is -4.24. The van der Waals surface area contributed by atoms with Crippen LogP contribution in [0.15, 0.2) is 57.7 Å². The second-order valence-electron chi connectivity index (χ2n) is 13.0. The van der Waals surface area contributed by atoms with Crippen molar-refractivity contribution in [3.05, 3.63) is 63.8 Å². The average molecular weight is 741 g/mol. The van der Waals surface area contributed by atoms with E-state index >= 15 is 0 Å². The van der Waals surface area contributed by atoms with E-state index in [0.717, 1.165) is 72.7 Å². The topological polar surface area (TPSA) is 187 Å². The molecule has 51 heavy (non-hydrogen) atoms. The molecule has 13 nitrogen and oxygen atoms in total. The van der Waals surface area contributed by atoms with Gasteiger partial charge in [0.2, 0.25) is 0 Å². The van der Waals surface area contributed by atoms with Crippen molar-refractivity contribution in [2.24, 2.45) is 16.6 Å². The van der Waals surface area contributed by atoms with Gasteiger partial charge in [0.1, 0.15) is 21.6 Å². The maximum atomic E-state index is 14.0. The van der Waals surface area contributed by atoms with Crippen LogP contribution in [-0.4, -0.2) is 105 Å². The summed E-state index contributed by atoms with van der Waals surface area (Å²) in [6.45, 7) is 9.85. The fourth-order valence-corrected chi connectivity index (χ4v) is 8.28. The number of carbonyl (C=O) groups excluding carboxylic acids is 1. The molecule has 6 N–H and O–H groups in total. The first-order valence-electron chi connectivity index (χ1n) is 17.4. The van der Waals surface area contributed by atoms with Crippen LogP contribution in [-0.2, 0) is 27.8 Å². The summed E-state index contributed by atoms with van der Waals surface area (Å²) in [7, 11) is -4.24. The van der Waals surface area contributed by atoms with Crippen molar-refractivity contribution in [3.63, 3.8) is 0 Å². The summed E-state index contributed by atoms with van der Waals surface area (Å²) in [4.78, 5) is 34.2. The Bertz CT molecular complexity index is 1820. The number of amidine groups is 1. The zero-order valence-electron chi connectivity index (χ0n) is 29.1. The summed E-state index contributed by atoms with van der Waals surface area (Å²) in [6, 6.07) is 11.9. The minimum Gasteiger partial charge on any atom is -0.492 e. The van der Waals surface area contributed by atoms with E-state index in [1.54, 1.807) is 11.4 Å². The van der Waals surface area contributed by atoms with E-state index in [9.17, 15) is 28.2 Å². The third-order valence-corrected chi connectivity index (χ3v) is 11.7. The predicted molar refractivity (Wildman–Crippen MR) is 199 cm³/mol. The number of aliphatic imine (C=N–C) groups is 1. The van der Waals surface area contributed by atoms with Crippen LogP contribution in [0.1, 0.15) is 53.9 Å². The number of nitrogens with one attached hydrogen (secondary N) is 2. The Morgan fingerprint density at radius 1 is 1.10 bits per heavy atom. The number of rotatable bonds is 17. The highest BCUT2D eigenvalue weighted by Gasteiger charge is 2.30. The van der Waals surface area contributed by atoms with Crippen molar-refractivity contribution in [1.29, 1.82) is 0 Å². The fraction of sp³-hybridized carbons (Fsp3) is 0.472. The maximum absolute atomic E-state index is 14.0. The monoisotopic (exact) mass is 740 g/mol. The summed E-state index contributed by atoms with van der Waals surface area (Å²) in [5.74, 6) is -0.968. The molecule has 1 fully saturated rings. The van der Waals surface area contributed by atoms with Gasteiger partial charge in [-0.2, -0.15) is 0 Å². The number of aliphatic carboxylic acids is 1. The van der Waals surface area contributed by atoms with Crippen LogP contribution >= 0.6 is 11.3 Å². The summed E-state index contributed by atoms with van der Waals surface area (Å²) in [6.07, 6.45) is 1.92. The smallest absolute Gasteiger partial charge is 0.326 e. The van der Waals surface area contributed by atoms with Gasteiger partial charge in [-0.25, -0.2) is 13.2 Å². The number of benzene rings is 2. The molecule has 3 aromatic rings. The SMILES string of the molecule is CCC(C)C(N)=NCCCC(NC(=O)c1sccc1NS(=O)(=O)c1cc(-c2cccc(CN3CCN(CCO)CC3)c2)cc2c1OCC2)C(=O)O. The molecule has 15 heteroatoms. The molecule has 0 radical (unpaired) electrons. The zero-order chi connectivity index (χ0) is 36.5. The van der Waals surface area contributed by atoms with E-state index in [0.29, 0.717) is 38.4 Å². The van der Waals surface area contributed by atoms with Gasteiger partial charge in [0.15, 0.2) is 0 Å². The number of aliphatic hydroxyl groups excluding tert-OH is 1. The Balaban J connectivity index is 1.30. The number of aliphatic hydroxyl groups is 1. The van der Waals surface area contributed by atoms with Crippen LogP contribution in [0, 0.1) is 5.92 Å². The van der Waals surface area contributed by atoms with Crippen molar-refractivity contribution in [2.75, 3.05) is 57.2 Å². The van der Waals surface area contributed by atoms with Crippen LogP contribution < -0.4 is 20.5 Å². The molecule has 0 aliphatic carbocycles. The van der Waals surface area contributed by atoms with Crippen molar-refractivity contribution in [1.82, 2.24) is 15.1 Å². The lowest BCUT2D eigenvalue weighted by molar-refractivity contribution is -0.139. The number of nitrogens with zero attached hydrogens (tertiary/aromatic N) is 3. The second kappa shape index (κ2) is 17.5. The molecule has 1 amide bonds. The molecule has 0 spiro atoms. The molecule has 2 aromatic carbocycles. The van der Waals surface area contributed by atoms with Gasteiger partial charge in [-0.05, 0) is 71.2 Å². The molecular formula is C36H48N6O7S2. The Hall–Kier alpha value is -4.02. The average Bonchev–Trinajstić information content (AvgIpc) is 3.79. The molecule has 1 aromatic heterocycles. The lowest BCUT2D eigenvalue weighted by Crippen LogP contribution is -2.46. The number of hydrogen-bond acceptors (Lipinski definition) is 10. The van der Waals surface area contributed by atoms with Crippen molar-refractivity contribution < 1.29 is 33.0 Å². The van der Waals surface area contributed by atoms with Gasteiger partial charge in [0.05, 0.1) is 24.7 Å². The van der Waals surface area contributed by atoms with Crippen LogP contribution in [0.2, 0.25) is 0 Å². The highest BCUT2D eigenvalue weighted by Crippen LogP contribution is 2.39. The number of nitrogens with two attached hydrogens (primary N) is 1. The number of carboxylic acids is 1. The number of piperazine rings is 1. The van der Waals surface area contributed by atoms with Gasteiger partial charge in [-0.15, -0.1) is 11.3 Å². The molecule has 2 aliphatic rings. The third kappa shape index (κ3) is 9.86. The second-order valence-corrected chi connectivity index (χ2v) is 15.6. The van der Waals surface area contributed by atoms with Gasteiger partial charge < -0.3 is 26.0 Å². The number of amides is 1. The number of hydrogen-bond donors (Lipinski definition) is 5. The molecule has 2 aliphatic heterocycles. The summed E-state index contributed by atoms with van der Waals surface area (Å²) in [5, 5.41) is 23.1. The normalized spacial score (nSPS) is 16.6. The van der Waals surface area contributed by atoms with Crippen LogP contribution in [0.5, 0.6) is 5.75 Å². The van der Waals surface area contributed by atoms with Gasteiger partial charge >= 0.3 is 5.97 Å². The molecule has 0 saturated carbocycles. The molecule has 5 rings (SSSR count). The molecule has 2 unspecified atom stereocenters. The standard InChI is InChI=1S/C36H48N6O7S2/c1-3-24(2)34(37)38-11-5-8-30(36(45)46)39-35(44)33-29(10-19-50-33)40-51(47,48)31-22-28(21-27-9-18-49-32(27)31)26-7-4-6-25(20-26)23-42-14-12-41(13-15-42)16-17-43/h4,6-7,10,19-22,24,30,40,43H,3,5,8-9,11-18,23H2,1-2H3,(H2,37,38)(H,39,44)(H,45,46). The Morgan fingerprint density at radius 2 is 1.86 bits per heavy atom. The predicted octanol–water partition coefficient (Wildman–Crippen LogP) is 3.63. The van der Waals surface area contributed by atoms with Crippen LogP contribution in [0.25, 0.3) is 11.1 Å². The van der Waals surface area contributed by atoms with E-state index in [1.807, 2.05) is 32.0 Å². The van der Waals surface area contributed by atoms with E-state index in [-0.39, 0.29) is 40.2 Å². The molecular weight excluding hydrogens is 693 g/mol. The highest BCUT2D eigenvalue weighted by atomic mass is 32.2. The largest absolute Gasteiger partial charge is 0.492 e.